The van der Waals surface area contributed by atoms with Crippen molar-refractivity contribution in [2.45, 2.75) is 13.0 Å². The fraction of sp³-hybridized carbons (Fsp3) is 0.176. The third-order valence-electron chi connectivity index (χ3n) is 3.45. The number of amides is 1. The number of aryl methyl sites for hydroxylation is 1. The molecular weight excluding hydrogens is 278 g/mol. The van der Waals surface area contributed by atoms with E-state index in [1.54, 1.807) is 23.2 Å². The van der Waals surface area contributed by atoms with Gasteiger partial charge in [0.05, 0.1) is 6.26 Å². The van der Waals surface area contributed by atoms with E-state index in [2.05, 4.69) is 10.4 Å². The number of hydrogen-bond donors (Lipinski definition) is 1. The van der Waals surface area contributed by atoms with Crippen molar-refractivity contribution in [2.75, 3.05) is 6.54 Å². The highest BCUT2D eigenvalue weighted by Gasteiger charge is 2.18. The van der Waals surface area contributed by atoms with Crippen molar-refractivity contribution in [3.8, 4) is 0 Å². The number of carbonyl (C=O) groups is 1. The molecule has 0 spiro atoms. The topological polar surface area (TPSA) is 60.1 Å². The first-order chi connectivity index (χ1) is 10.7. The van der Waals surface area contributed by atoms with Gasteiger partial charge in [-0.25, -0.2) is 0 Å². The molecule has 1 atom stereocenters. The SMILES string of the molecule is Cc1cccc(C(=O)NCC(c2ccco2)n2cccn2)c1. The number of aromatic nitrogens is 2. The lowest BCUT2D eigenvalue weighted by Gasteiger charge is -2.16. The van der Waals surface area contributed by atoms with Crippen LogP contribution in [0.15, 0.2) is 65.5 Å². The standard InChI is InChI=1S/C17H17N3O2/c1-13-5-2-6-14(11-13)17(21)18-12-15(16-7-3-10-22-16)20-9-4-8-19-20/h2-11,15H,12H2,1H3,(H,18,21). The number of hydrogen-bond acceptors (Lipinski definition) is 3. The third-order valence-corrected chi connectivity index (χ3v) is 3.45. The van der Waals surface area contributed by atoms with E-state index in [1.807, 2.05) is 49.5 Å². The molecule has 3 aromatic rings. The molecule has 1 N–H and O–H groups in total. The predicted octanol–water partition coefficient (Wildman–Crippen LogP) is 2.80. The quantitative estimate of drug-likeness (QED) is 0.787. The van der Waals surface area contributed by atoms with Crippen molar-refractivity contribution in [1.82, 2.24) is 15.1 Å². The average molecular weight is 295 g/mol. The van der Waals surface area contributed by atoms with Crippen LogP contribution in [-0.4, -0.2) is 22.2 Å². The van der Waals surface area contributed by atoms with Gasteiger partial charge in [0.1, 0.15) is 11.8 Å². The van der Waals surface area contributed by atoms with Gasteiger partial charge in [-0.3, -0.25) is 9.48 Å². The van der Waals surface area contributed by atoms with Crippen LogP contribution in [0.4, 0.5) is 0 Å². The second-order valence-electron chi connectivity index (χ2n) is 5.10. The maximum absolute atomic E-state index is 12.3. The van der Waals surface area contributed by atoms with Crippen molar-refractivity contribution in [2.24, 2.45) is 0 Å². The van der Waals surface area contributed by atoms with Crippen molar-refractivity contribution in [3.05, 3.63) is 78.0 Å². The summed E-state index contributed by atoms with van der Waals surface area (Å²) in [5.74, 6) is 0.653. The fourth-order valence-corrected chi connectivity index (χ4v) is 2.35. The molecule has 22 heavy (non-hydrogen) atoms. The van der Waals surface area contributed by atoms with Gasteiger partial charge >= 0.3 is 0 Å². The first kappa shape index (κ1) is 14.1. The number of furan rings is 1. The minimum absolute atomic E-state index is 0.104. The highest BCUT2D eigenvalue weighted by molar-refractivity contribution is 5.94. The molecule has 1 aromatic carbocycles. The second-order valence-corrected chi connectivity index (χ2v) is 5.10. The Morgan fingerprint density at radius 2 is 2.23 bits per heavy atom. The first-order valence-electron chi connectivity index (χ1n) is 7.11. The smallest absolute Gasteiger partial charge is 0.251 e. The summed E-state index contributed by atoms with van der Waals surface area (Å²) < 4.78 is 7.24. The molecule has 1 amide bonds. The van der Waals surface area contributed by atoms with E-state index in [1.165, 1.54) is 0 Å². The summed E-state index contributed by atoms with van der Waals surface area (Å²) in [5, 5.41) is 7.19. The first-order valence-corrected chi connectivity index (χ1v) is 7.11. The van der Waals surface area contributed by atoms with E-state index < -0.39 is 0 Å². The van der Waals surface area contributed by atoms with Gasteiger partial charge < -0.3 is 9.73 Å². The Morgan fingerprint density at radius 1 is 1.32 bits per heavy atom. The maximum Gasteiger partial charge on any atom is 0.251 e. The molecule has 2 heterocycles. The van der Waals surface area contributed by atoms with Gasteiger partial charge in [-0.15, -0.1) is 0 Å². The summed E-state index contributed by atoms with van der Waals surface area (Å²) in [6.45, 7) is 2.37. The van der Waals surface area contributed by atoms with Gasteiger partial charge in [0.2, 0.25) is 0 Å². The average Bonchev–Trinajstić information content (AvgIpc) is 3.21. The molecule has 112 valence electrons. The maximum atomic E-state index is 12.3. The molecule has 0 aliphatic rings. The summed E-state index contributed by atoms with van der Waals surface area (Å²) in [6, 6.07) is 12.9. The van der Waals surface area contributed by atoms with Crippen molar-refractivity contribution in [3.63, 3.8) is 0 Å². The molecule has 1 unspecified atom stereocenters. The zero-order chi connectivity index (χ0) is 15.4. The predicted molar refractivity (Wildman–Crippen MR) is 82.6 cm³/mol. The third kappa shape index (κ3) is 3.09. The summed E-state index contributed by atoms with van der Waals surface area (Å²) >= 11 is 0. The molecule has 0 saturated carbocycles. The Balaban J connectivity index is 1.73. The summed E-state index contributed by atoms with van der Waals surface area (Å²) in [6.07, 6.45) is 5.18. The van der Waals surface area contributed by atoms with Crippen LogP contribution in [0.2, 0.25) is 0 Å². The molecule has 0 radical (unpaired) electrons. The van der Waals surface area contributed by atoms with Gasteiger partial charge in [0.15, 0.2) is 0 Å². The lowest BCUT2D eigenvalue weighted by atomic mass is 10.1. The number of benzene rings is 1. The van der Waals surface area contributed by atoms with E-state index in [-0.39, 0.29) is 11.9 Å². The van der Waals surface area contributed by atoms with Gasteiger partial charge in [-0.05, 0) is 37.3 Å². The van der Waals surface area contributed by atoms with Crippen molar-refractivity contribution < 1.29 is 9.21 Å². The highest BCUT2D eigenvalue weighted by atomic mass is 16.3. The largest absolute Gasteiger partial charge is 0.467 e. The van der Waals surface area contributed by atoms with Gasteiger partial charge in [-0.1, -0.05) is 17.7 Å². The lowest BCUT2D eigenvalue weighted by Crippen LogP contribution is -2.31. The Hall–Kier alpha value is -2.82. The van der Waals surface area contributed by atoms with E-state index in [9.17, 15) is 4.79 Å². The summed E-state index contributed by atoms with van der Waals surface area (Å²) in [5.41, 5.74) is 1.71. The molecular formula is C17H17N3O2. The fourth-order valence-electron chi connectivity index (χ4n) is 2.35. The van der Waals surface area contributed by atoms with Crippen LogP contribution < -0.4 is 5.32 Å². The minimum Gasteiger partial charge on any atom is -0.467 e. The van der Waals surface area contributed by atoms with Crippen LogP contribution in [0, 0.1) is 6.92 Å². The molecule has 2 aromatic heterocycles. The Morgan fingerprint density at radius 3 is 2.91 bits per heavy atom. The number of nitrogens with zero attached hydrogens (tertiary/aromatic N) is 2. The molecule has 0 aliphatic carbocycles. The summed E-state index contributed by atoms with van der Waals surface area (Å²) in [4.78, 5) is 12.3. The van der Waals surface area contributed by atoms with Crippen LogP contribution >= 0.6 is 0 Å². The van der Waals surface area contributed by atoms with Crippen molar-refractivity contribution >= 4 is 5.91 Å². The summed E-state index contributed by atoms with van der Waals surface area (Å²) in [7, 11) is 0. The van der Waals surface area contributed by atoms with Crippen molar-refractivity contribution in [1.29, 1.82) is 0 Å². The van der Waals surface area contributed by atoms with Crippen LogP contribution in [0.5, 0.6) is 0 Å². The van der Waals surface area contributed by atoms with E-state index in [0.29, 0.717) is 12.1 Å². The molecule has 5 heteroatoms. The van der Waals surface area contributed by atoms with E-state index in [4.69, 9.17) is 4.42 Å². The highest BCUT2D eigenvalue weighted by Crippen LogP contribution is 2.17. The molecule has 0 fully saturated rings. The normalized spacial score (nSPS) is 12.0. The zero-order valence-corrected chi connectivity index (χ0v) is 12.3. The van der Waals surface area contributed by atoms with Crippen LogP contribution in [0.3, 0.4) is 0 Å². The second kappa shape index (κ2) is 6.30. The van der Waals surface area contributed by atoms with Gasteiger partial charge in [0.25, 0.3) is 5.91 Å². The molecule has 5 nitrogen and oxygen atoms in total. The Kier molecular flexibility index (Phi) is 4.05. The number of carbonyl (C=O) groups excluding carboxylic acids is 1. The van der Waals surface area contributed by atoms with E-state index >= 15 is 0 Å². The van der Waals surface area contributed by atoms with Crippen LogP contribution in [0.25, 0.3) is 0 Å². The Labute approximate surface area is 128 Å². The Bertz CT molecular complexity index is 699. The lowest BCUT2D eigenvalue weighted by molar-refractivity contribution is 0.0948. The van der Waals surface area contributed by atoms with Gasteiger partial charge in [-0.2, -0.15) is 5.10 Å². The minimum atomic E-state index is -0.168. The zero-order valence-electron chi connectivity index (χ0n) is 12.3. The number of rotatable bonds is 5. The van der Waals surface area contributed by atoms with Gasteiger partial charge in [0, 0.05) is 24.5 Å². The molecule has 0 bridgehead atoms. The van der Waals surface area contributed by atoms with E-state index in [0.717, 1.165) is 11.3 Å². The molecule has 0 aliphatic heterocycles. The monoisotopic (exact) mass is 295 g/mol. The van der Waals surface area contributed by atoms with Crippen LogP contribution in [0.1, 0.15) is 27.7 Å². The number of nitrogens with one attached hydrogen (secondary N) is 1. The molecule has 3 rings (SSSR count). The molecule has 0 saturated heterocycles. The van der Waals surface area contributed by atoms with Crippen LogP contribution in [-0.2, 0) is 0 Å².